The zero-order valence-electron chi connectivity index (χ0n) is 11.6. The molecule has 2 heterocycles. The normalized spacial score (nSPS) is 11.6. The number of fused-ring (bicyclic) bond motifs is 1. The van der Waals surface area contributed by atoms with Crippen LogP contribution in [0.3, 0.4) is 0 Å². The first-order valence-electron chi connectivity index (χ1n) is 6.25. The highest BCUT2D eigenvalue weighted by Crippen LogP contribution is 2.09. The summed E-state index contributed by atoms with van der Waals surface area (Å²) < 4.78 is 2.05. The summed E-state index contributed by atoms with van der Waals surface area (Å²) in [6.07, 6.45) is 2.08. The van der Waals surface area contributed by atoms with Gasteiger partial charge in [-0.25, -0.2) is 9.97 Å². The van der Waals surface area contributed by atoms with E-state index in [0.29, 0.717) is 0 Å². The molecule has 0 aliphatic carbocycles. The van der Waals surface area contributed by atoms with Crippen LogP contribution in [0.2, 0.25) is 0 Å². The van der Waals surface area contributed by atoms with Crippen molar-refractivity contribution in [2.45, 2.75) is 20.4 Å². The monoisotopic (exact) mass is 247 g/mol. The van der Waals surface area contributed by atoms with E-state index in [9.17, 15) is 0 Å². The maximum absolute atomic E-state index is 4.57. The second kappa shape index (κ2) is 5.46. The van der Waals surface area contributed by atoms with Crippen molar-refractivity contribution in [3.05, 3.63) is 29.3 Å². The van der Waals surface area contributed by atoms with Gasteiger partial charge in [-0.15, -0.1) is 0 Å². The Hall–Kier alpha value is -1.46. The molecule has 1 N–H and O–H groups in total. The zero-order valence-corrected chi connectivity index (χ0v) is 11.6. The fraction of sp³-hybridized carbons (Fsp3) is 0.538. The van der Waals surface area contributed by atoms with E-state index in [1.165, 1.54) is 5.69 Å². The Balaban J connectivity index is 2.17. The number of imidazole rings is 1. The molecule has 18 heavy (non-hydrogen) atoms. The number of nitrogens with one attached hydrogen (secondary N) is 1. The molecular formula is C13H21N5. The van der Waals surface area contributed by atoms with Gasteiger partial charge in [-0.1, -0.05) is 0 Å². The SMILES string of the molecule is CNCCN(C)Cc1cn2c(C)cc(C)nc2n1. The Morgan fingerprint density at radius 2 is 2.11 bits per heavy atom. The summed E-state index contributed by atoms with van der Waals surface area (Å²) in [5, 5.41) is 3.15. The molecule has 0 atom stereocenters. The summed E-state index contributed by atoms with van der Waals surface area (Å²) in [5.41, 5.74) is 3.25. The minimum atomic E-state index is 0.796. The lowest BCUT2D eigenvalue weighted by atomic mass is 10.3. The Bertz CT molecular complexity index is 531. The Morgan fingerprint density at radius 1 is 1.33 bits per heavy atom. The fourth-order valence-corrected chi connectivity index (χ4v) is 2.05. The molecule has 0 bridgehead atoms. The topological polar surface area (TPSA) is 45.5 Å². The maximum atomic E-state index is 4.57. The molecule has 0 saturated carbocycles. The minimum Gasteiger partial charge on any atom is -0.318 e. The van der Waals surface area contributed by atoms with Crippen LogP contribution in [0.15, 0.2) is 12.3 Å². The highest BCUT2D eigenvalue weighted by atomic mass is 15.1. The Labute approximate surface area is 108 Å². The van der Waals surface area contributed by atoms with Crippen LogP contribution in [-0.2, 0) is 6.54 Å². The van der Waals surface area contributed by atoms with Gasteiger partial charge in [0.25, 0.3) is 0 Å². The van der Waals surface area contributed by atoms with E-state index in [0.717, 1.165) is 36.8 Å². The van der Waals surface area contributed by atoms with Crippen LogP contribution >= 0.6 is 0 Å². The third kappa shape index (κ3) is 2.86. The number of aryl methyl sites for hydroxylation is 2. The molecule has 0 aliphatic rings. The molecule has 0 unspecified atom stereocenters. The Kier molecular flexibility index (Phi) is 3.93. The standard InChI is InChI=1S/C13H21N5/c1-10-7-11(2)18-9-12(16-13(18)15-10)8-17(4)6-5-14-3/h7,9,14H,5-6,8H2,1-4H3. The lowest BCUT2D eigenvalue weighted by Crippen LogP contribution is -2.27. The third-order valence-corrected chi connectivity index (χ3v) is 2.99. The highest BCUT2D eigenvalue weighted by Gasteiger charge is 2.07. The summed E-state index contributed by atoms with van der Waals surface area (Å²) >= 11 is 0. The van der Waals surface area contributed by atoms with Gasteiger partial charge in [-0.2, -0.15) is 0 Å². The predicted octanol–water partition coefficient (Wildman–Crippen LogP) is 0.997. The number of rotatable bonds is 5. The number of nitrogens with zero attached hydrogens (tertiary/aromatic N) is 4. The van der Waals surface area contributed by atoms with Crippen molar-refractivity contribution >= 4 is 5.78 Å². The van der Waals surface area contributed by atoms with Gasteiger partial charge in [0.15, 0.2) is 0 Å². The molecule has 0 radical (unpaired) electrons. The predicted molar refractivity (Wildman–Crippen MR) is 72.7 cm³/mol. The molecule has 0 spiro atoms. The van der Waals surface area contributed by atoms with Gasteiger partial charge in [-0.3, -0.25) is 9.30 Å². The van der Waals surface area contributed by atoms with E-state index in [1.807, 2.05) is 18.4 Å². The maximum Gasteiger partial charge on any atom is 0.234 e. The van der Waals surface area contributed by atoms with Crippen molar-refractivity contribution in [3.63, 3.8) is 0 Å². The lowest BCUT2D eigenvalue weighted by Gasteiger charge is -2.14. The van der Waals surface area contributed by atoms with Gasteiger partial charge in [0.2, 0.25) is 5.78 Å². The largest absolute Gasteiger partial charge is 0.318 e. The van der Waals surface area contributed by atoms with Crippen molar-refractivity contribution in [1.29, 1.82) is 0 Å². The summed E-state index contributed by atoms with van der Waals surface area (Å²) in [4.78, 5) is 11.3. The zero-order chi connectivity index (χ0) is 13.1. The first kappa shape index (κ1) is 13.0. The quantitative estimate of drug-likeness (QED) is 0.856. The molecule has 0 aliphatic heterocycles. The lowest BCUT2D eigenvalue weighted by molar-refractivity contribution is 0.325. The molecule has 0 amide bonds. The first-order chi connectivity index (χ1) is 8.60. The van der Waals surface area contributed by atoms with Crippen LogP contribution in [0.25, 0.3) is 5.78 Å². The van der Waals surface area contributed by atoms with Gasteiger partial charge in [0.05, 0.1) is 5.69 Å². The van der Waals surface area contributed by atoms with E-state index in [2.05, 4.69) is 46.4 Å². The molecule has 5 nitrogen and oxygen atoms in total. The molecule has 0 aromatic carbocycles. The number of hydrogen-bond donors (Lipinski definition) is 1. The van der Waals surface area contributed by atoms with Gasteiger partial charge in [0, 0.05) is 37.2 Å². The molecule has 0 saturated heterocycles. The van der Waals surface area contributed by atoms with E-state index in [-0.39, 0.29) is 0 Å². The van der Waals surface area contributed by atoms with Crippen LogP contribution in [0.5, 0.6) is 0 Å². The smallest absolute Gasteiger partial charge is 0.234 e. The molecule has 5 heteroatoms. The Morgan fingerprint density at radius 3 is 2.83 bits per heavy atom. The number of likely N-dealkylation sites (N-methyl/N-ethyl adjacent to an activating group) is 2. The van der Waals surface area contributed by atoms with Crippen molar-refractivity contribution in [1.82, 2.24) is 24.6 Å². The summed E-state index contributed by atoms with van der Waals surface area (Å²) in [5.74, 6) is 0.796. The van der Waals surface area contributed by atoms with Crippen molar-refractivity contribution < 1.29 is 0 Å². The molecule has 2 rings (SSSR count). The first-order valence-corrected chi connectivity index (χ1v) is 6.25. The summed E-state index contributed by atoms with van der Waals surface area (Å²) in [6.45, 7) is 6.93. The average Bonchev–Trinajstić information content (AvgIpc) is 2.69. The van der Waals surface area contributed by atoms with Crippen LogP contribution in [0, 0.1) is 13.8 Å². The molecule has 2 aromatic heterocycles. The third-order valence-electron chi connectivity index (χ3n) is 2.99. The van der Waals surface area contributed by atoms with Gasteiger partial charge < -0.3 is 5.32 Å². The van der Waals surface area contributed by atoms with Crippen LogP contribution < -0.4 is 5.32 Å². The van der Waals surface area contributed by atoms with Crippen LogP contribution in [-0.4, -0.2) is 46.5 Å². The van der Waals surface area contributed by atoms with Crippen molar-refractivity contribution in [2.75, 3.05) is 27.2 Å². The molecule has 0 fully saturated rings. The second-order valence-electron chi connectivity index (χ2n) is 4.78. The van der Waals surface area contributed by atoms with E-state index in [4.69, 9.17) is 0 Å². The van der Waals surface area contributed by atoms with Gasteiger partial charge in [0.1, 0.15) is 0 Å². The van der Waals surface area contributed by atoms with Crippen LogP contribution in [0.4, 0.5) is 0 Å². The fourth-order valence-electron chi connectivity index (χ4n) is 2.05. The highest BCUT2D eigenvalue weighted by molar-refractivity contribution is 5.34. The second-order valence-corrected chi connectivity index (χ2v) is 4.78. The minimum absolute atomic E-state index is 0.796. The average molecular weight is 247 g/mol. The van der Waals surface area contributed by atoms with E-state index >= 15 is 0 Å². The van der Waals surface area contributed by atoms with Crippen molar-refractivity contribution in [3.8, 4) is 0 Å². The summed E-state index contributed by atoms with van der Waals surface area (Å²) in [6, 6.07) is 2.07. The molecule has 2 aromatic rings. The summed E-state index contributed by atoms with van der Waals surface area (Å²) in [7, 11) is 4.07. The number of aromatic nitrogens is 3. The van der Waals surface area contributed by atoms with Crippen molar-refractivity contribution in [2.24, 2.45) is 0 Å². The number of hydrogen-bond acceptors (Lipinski definition) is 4. The van der Waals surface area contributed by atoms with Gasteiger partial charge in [-0.05, 0) is 34.0 Å². The van der Waals surface area contributed by atoms with E-state index < -0.39 is 0 Å². The molecule has 98 valence electrons. The van der Waals surface area contributed by atoms with Crippen LogP contribution in [0.1, 0.15) is 17.1 Å². The van der Waals surface area contributed by atoms with Gasteiger partial charge >= 0.3 is 0 Å². The van der Waals surface area contributed by atoms with E-state index in [1.54, 1.807) is 0 Å². The molecular weight excluding hydrogens is 226 g/mol.